The van der Waals surface area contributed by atoms with Gasteiger partial charge in [-0.25, -0.2) is 0 Å². The second-order valence-corrected chi connectivity index (χ2v) is 5.94. The molecular formula is C14H23NS. The molecular weight excluding hydrogens is 214 g/mol. The van der Waals surface area contributed by atoms with E-state index in [0.29, 0.717) is 6.04 Å². The van der Waals surface area contributed by atoms with Crippen LogP contribution in [0.25, 0.3) is 0 Å². The van der Waals surface area contributed by atoms with Crippen molar-refractivity contribution in [2.75, 3.05) is 0 Å². The second-order valence-electron chi connectivity index (χ2n) is 4.96. The van der Waals surface area contributed by atoms with Crippen LogP contribution >= 0.6 is 11.3 Å². The van der Waals surface area contributed by atoms with Crippen molar-refractivity contribution in [1.29, 1.82) is 0 Å². The van der Waals surface area contributed by atoms with E-state index in [1.807, 2.05) is 11.3 Å². The first-order valence-electron chi connectivity index (χ1n) is 6.60. The Morgan fingerprint density at radius 2 is 2.25 bits per heavy atom. The minimum Gasteiger partial charge on any atom is -0.306 e. The van der Waals surface area contributed by atoms with Crippen LogP contribution in [0.15, 0.2) is 17.5 Å². The highest BCUT2D eigenvalue weighted by atomic mass is 32.1. The summed E-state index contributed by atoms with van der Waals surface area (Å²) in [4.78, 5) is 1.47. The molecule has 0 radical (unpaired) electrons. The lowest BCUT2D eigenvalue weighted by molar-refractivity contribution is 0.241. The Kier molecular flexibility index (Phi) is 4.42. The van der Waals surface area contributed by atoms with Crippen LogP contribution in [0.1, 0.15) is 56.9 Å². The summed E-state index contributed by atoms with van der Waals surface area (Å²) in [5.74, 6) is 0.899. The normalized spacial score (nSPS) is 27.9. The van der Waals surface area contributed by atoms with Crippen LogP contribution in [-0.4, -0.2) is 6.04 Å². The van der Waals surface area contributed by atoms with E-state index < -0.39 is 0 Å². The SMILES string of the molecule is CCC1CCCCC1N[C@H](C)c1cccs1. The molecule has 1 aliphatic carbocycles. The van der Waals surface area contributed by atoms with Crippen molar-refractivity contribution in [3.63, 3.8) is 0 Å². The van der Waals surface area contributed by atoms with Gasteiger partial charge < -0.3 is 5.32 Å². The summed E-state index contributed by atoms with van der Waals surface area (Å²) in [6.45, 7) is 4.63. The standard InChI is InChI=1S/C14H23NS/c1-3-12-7-4-5-8-13(12)15-11(2)14-9-6-10-16-14/h6,9-13,15H,3-5,7-8H2,1-2H3/t11-,12?,13?/m1/s1. The maximum absolute atomic E-state index is 3.83. The number of thiophene rings is 1. The molecule has 1 aromatic rings. The Balaban J connectivity index is 1.92. The number of hydrogen-bond acceptors (Lipinski definition) is 2. The predicted molar refractivity (Wildman–Crippen MR) is 71.9 cm³/mol. The molecule has 0 aliphatic heterocycles. The summed E-state index contributed by atoms with van der Waals surface area (Å²) >= 11 is 1.87. The van der Waals surface area contributed by atoms with Crippen molar-refractivity contribution in [2.24, 2.45) is 5.92 Å². The van der Waals surface area contributed by atoms with Crippen molar-refractivity contribution in [1.82, 2.24) is 5.32 Å². The zero-order valence-electron chi connectivity index (χ0n) is 10.4. The van der Waals surface area contributed by atoms with E-state index in [4.69, 9.17) is 0 Å². The smallest absolute Gasteiger partial charge is 0.0388 e. The second kappa shape index (κ2) is 5.83. The van der Waals surface area contributed by atoms with E-state index in [-0.39, 0.29) is 0 Å². The highest BCUT2D eigenvalue weighted by Gasteiger charge is 2.24. The van der Waals surface area contributed by atoms with Gasteiger partial charge in [0.05, 0.1) is 0 Å². The van der Waals surface area contributed by atoms with Crippen LogP contribution in [-0.2, 0) is 0 Å². The Labute approximate surface area is 103 Å². The molecule has 1 aliphatic rings. The van der Waals surface area contributed by atoms with Gasteiger partial charge in [0.2, 0.25) is 0 Å². The summed E-state index contributed by atoms with van der Waals surface area (Å²) in [7, 11) is 0. The van der Waals surface area contributed by atoms with E-state index in [2.05, 4.69) is 36.7 Å². The lowest BCUT2D eigenvalue weighted by atomic mass is 9.82. The summed E-state index contributed by atoms with van der Waals surface area (Å²) in [6.07, 6.45) is 6.96. The van der Waals surface area contributed by atoms with Gasteiger partial charge in [-0.05, 0) is 37.1 Å². The minimum absolute atomic E-state index is 0.525. The third-order valence-corrected chi connectivity index (χ3v) is 4.92. The summed E-state index contributed by atoms with van der Waals surface area (Å²) in [5.41, 5.74) is 0. The third-order valence-electron chi connectivity index (χ3n) is 3.87. The zero-order chi connectivity index (χ0) is 11.4. The highest BCUT2D eigenvalue weighted by Crippen LogP contribution is 2.29. The van der Waals surface area contributed by atoms with E-state index in [0.717, 1.165) is 12.0 Å². The maximum Gasteiger partial charge on any atom is 0.0388 e. The number of rotatable bonds is 4. The summed E-state index contributed by atoms with van der Waals surface area (Å²) < 4.78 is 0. The molecule has 0 bridgehead atoms. The zero-order valence-corrected chi connectivity index (χ0v) is 11.2. The van der Waals surface area contributed by atoms with Crippen LogP contribution in [0.4, 0.5) is 0 Å². The molecule has 90 valence electrons. The van der Waals surface area contributed by atoms with Gasteiger partial charge in [-0.2, -0.15) is 0 Å². The predicted octanol–water partition coefficient (Wildman–Crippen LogP) is 4.37. The van der Waals surface area contributed by atoms with Crippen molar-refractivity contribution in [2.45, 2.75) is 58.0 Å². The quantitative estimate of drug-likeness (QED) is 0.820. The highest BCUT2D eigenvalue weighted by molar-refractivity contribution is 7.10. The molecule has 1 nitrogen and oxygen atoms in total. The fraction of sp³-hybridized carbons (Fsp3) is 0.714. The first-order valence-corrected chi connectivity index (χ1v) is 7.48. The van der Waals surface area contributed by atoms with Gasteiger partial charge in [0, 0.05) is 17.0 Å². The Morgan fingerprint density at radius 1 is 1.44 bits per heavy atom. The van der Waals surface area contributed by atoms with Crippen molar-refractivity contribution in [3.05, 3.63) is 22.4 Å². The topological polar surface area (TPSA) is 12.0 Å². The molecule has 3 atom stereocenters. The monoisotopic (exact) mass is 237 g/mol. The van der Waals surface area contributed by atoms with Crippen LogP contribution in [0, 0.1) is 5.92 Å². The largest absolute Gasteiger partial charge is 0.306 e. The lowest BCUT2D eigenvalue weighted by Crippen LogP contribution is -2.39. The molecule has 1 N–H and O–H groups in total. The van der Waals surface area contributed by atoms with Crippen molar-refractivity contribution in [3.8, 4) is 0 Å². The van der Waals surface area contributed by atoms with Gasteiger partial charge in [-0.15, -0.1) is 11.3 Å². The van der Waals surface area contributed by atoms with Gasteiger partial charge >= 0.3 is 0 Å². The molecule has 16 heavy (non-hydrogen) atoms. The first-order chi connectivity index (χ1) is 7.81. The minimum atomic E-state index is 0.525. The summed E-state index contributed by atoms with van der Waals surface area (Å²) in [6, 6.07) is 5.66. The molecule has 1 aromatic heterocycles. The van der Waals surface area contributed by atoms with E-state index >= 15 is 0 Å². The molecule has 2 rings (SSSR count). The molecule has 1 fully saturated rings. The summed E-state index contributed by atoms with van der Waals surface area (Å²) in [5, 5.41) is 6.00. The molecule has 2 heteroatoms. The molecule has 0 saturated heterocycles. The molecule has 1 heterocycles. The lowest BCUT2D eigenvalue weighted by Gasteiger charge is -2.33. The first kappa shape index (κ1) is 12.1. The van der Waals surface area contributed by atoms with Gasteiger partial charge in [0.25, 0.3) is 0 Å². The van der Waals surface area contributed by atoms with E-state index in [9.17, 15) is 0 Å². The van der Waals surface area contributed by atoms with Crippen molar-refractivity contribution >= 4 is 11.3 Å². The van der Waals surface area contributed by atoms with E-state index in [1.54, 1.807) is 0 Å². The maximum atomic E-state index is 3.83. The fourth-order valence-corrected chi connectivity index (χ4v) is 3.60. The van der Waals surface area contributed by atoms with Crippen LogP contribution in [0.2, 0.25) is 0 Å². The van der Waals surface area contributed by atoms with Gasteiger partial charge in [-0.3, -0.25) is 0 Å². The molecule has 0 amide bonds. The molecule has 0 spiro atoms. The Morgan fingerprint density at radius 3 is 2.94 bits per heavy atom. The Hall–Kier alpha value is -0.340. The molecule has 0 aromatic carbocycles. The van der Waals surface area contributed by atoms with Gasteiger partial charge in [0.15, 0.2) is 0 Å². The Bertz CT molecular complexity index is 294. The van der Waals surface area contributed by atoms with E-state index in [1.165, 1.54) is 37.0 Å². The van der Waals surface area contributed by atoms with Crippen molar-refractivity contribution < 1.29 is 0 Å². The van der Waals surface area contributed by atoms with Gasteiger partial charge in [0.1, 0.15) is 0 Å². The molecule has 1 saturated carbocycles. The third kappa shape index (κ3) is 2.86. The van der Waals surface area contributed by atoms with Crippen LogP contribution in [0.3, 0.4) is 0 Å². The average Bonchev–Trinajstić information content (AvgIpc) is 2.83. The number of nitrogens with one attached hydrogen (secondary N) is 1. The molecule has 2 unspecified atom stereocenters. The van der Waals surface area contributed by atoms with Gasteiger partial charge in [-0.1, -0.05) is 32.3 Å². The van der Waals surface area contributed by atoms with Crippen LogP contribution < -0.4 is 5.32 Å². The van der Waals surface area contributed by atoms with Crippen LogP contribution in [0.5, 0.6) is 0 Å². The number of hydrogen-bond donors (Lipinski definition) is 1. The fourth-order valence-electron chi connectivity index (χ4n) is 2.86. The average molecular weight is 237 g/mol.